The number of rotatable bonds is 5. The van der Waals surface area contributed by atoms with Crippen LogP contribution in [0, 0.1) is 0 Å². The summed E-state index contributed by atoms with van der Waals surface area (Å²) in [4.78, 5) is 25.7. The molecule has 0 spiro atoms. The lowest BCUT2D eigenvalue weighted by molar-refractivity contribution is -0.139. The summed E-state index contributed by atoms with van der Waals surface area (Å²) in [7, 11) is 0. The molecule has 1 fully saturated rings. The molecule has 6 heteroatoms. The van der Waals surface area contributed by atoms with Crippen LogP contribution in [0.5, 0.6) is 0 Å². The summed E-state index contributed by atoms with van der Waals surface area (Å²) < 4.78 is 0. The molecule has 2 N–H and O–H groups in total. The van der Waals surface area contributed by atoms with Crippen LogP contribution in [0.15, 0.2) is 0 Å². The zero-order chi connectivity index (χ0) is 12.0. The summed E-state index contributed by atoms with van der Waals surface area (Å²) in [5, 5.41) is 11.6. The predicted octanol–water partition coefficient (Wildman–Crippen LogP) is -1.18. The second kappa shape index (κ2) is 6.44. The Morgan fingerprint density at radius 1 is 1.25 bits per heavy atom. The van der Waals surface area contributed by atoms with Gasteiger partial charge in [-0.3, -0.25) is 14.5 Å². The molecule has 0 radical (unpaired) electrons. The van der Waals surface area contributed by atoms with Crippen molar-refractivity contribution in [2.24, 2.45) is 0 Å². The first-order chi connectivity index (χ1) is 7.63. The zero-order valence-corrected chi connectivity index (χ0v) is 9.61. The maximum absolute atomic E-state index is 11.6. The number of amides is 1. The molecule has 92 valence electrons. The molecule has 0 aromatic heterocycles. The molecule has 1 heterocycles. The number of nitrogens with one attached hydrogen (secondary N) is 1. The number of nitrogens with zero attached hydrogens (tertiary/aromatic N) is 2. The Labute approximate surface area is 95.2 Å². The monoisotopic (exact) mass is 229 g/mol. The summed E-state index contributed by atoms with van der Waals surface area (Å²) in [5.74, 6) is -0.718. The normalized spacial score (nSPS) is 17.4. The summed E-state index contributed by atoms with van der Waals surface area (Å²) in [6.07, 6.45) is 0. The number of hydrogen-bond acceptors (Lipinski definition) is 4. The standard InChI is InChI=1S/C10H19N3O3/c1-2-11-7-9(14)13-5-3-12(4-6-13)8-10(15)16/h11H,2-8H2,1H3,(H,15,16). The summed E-state index contributed by atoms with van der Waals surface area (Å²) >= 11 is 0. The molecule has 0 unspecified atom stereocenters. The first-order valence-corrected chi connectivity index (χ1v) is 5.56. The topological polar surface area (TPSA) is 72.9 Å². The number of carbonyl (C=O) groups excluding carboxylic acids is 1. The summed E-state index contributed by atoms with van der Waals surface area (Å²) in [6.45, 7) is 5.71. The van der Waals surface area contributed by atoms with Gasteiger partial charge in [0.2, 0.25) is 5.91 Å². The van der Waals surface area contributed by atoms with E-state index in [0.717, 1.165) is 6.54 Å². The van der Waals surface area contributed by atoms with Crippen LogP contribution in [-0.4, -0.2) is 72.6 Å². The van der Waals surface area contributed by atoms with E-state index < -0.39 is 5.97 Å². The molecular formula is C10H19N3O3. The maximum atomic E-state index is 11.6. The average Bonchev–Trinajstić information content (AvgIpc) is 2.26. The van der Waals surface area contributed by atoms with E-state index in [1.165, 1.54) is 0 Å². The molecule has 1 saturated heterocycles. The Kier molecular flexibility index (Phi) is 5.21. The van der Waals surface area contributed by atoms with Gasteiger partial charge in [0, 0.05) is 26.2 Å². The van der Waals surface area contributed by atoms with Crippen LogP contribution in [0.25, 0.3) is 0 Å². The highest BCUT2D eigenvalue weighted by molar-refractivity contribution is 5.78. The number of hydrogen-bond donors (Lipinski definition) is 2. The largest absolute Gasteiger partial charge is 0.480 e. The van der Waals surface area contributed by atoms with Gasteiger partial charge in [0.1, 0.15) is 0 Å². The molecule has 0 atom stereocenters. The highest BCUT2D eigenvalue weighted by atomic mass is 16.4. The van der Waals surface area contributed by atoms with E-state index >= 15 is 0 Å². The van der Waals surface area contributed by atoms with Crippen molar-refractivity contribution in [2.45, 2.75) is 6.92 Å². The van der Waals surface area contributed by atoms with Crippen LogP contribution >= 0.6 is 0 Å². The first kappa shape index (κ1) is 12.9. The van der Waals surface area contributed by atoms with Crippen LogP contribution in [0.1, 0.15) is 6.92 Å². The van der Waals surface area contributed by atoms with Gasteiger partial charge < -0.3 is 15.3 Å². The molecule has 1 aliphatic rings. The van der Waals surface area contributed by atoms with Gasteiger partial charge in [0.25, 0.3) is 0 Å². The van der Waals surface area contributed by atoms with Gasteiger partial charge in [-0.1, -0.05) is 6.92 Å². The SMILES string of the molecule is CCNCC(=O)N1CCN(CC(=O)O)CC1. The molecule has 1 rings (SSSR count). The molecule has 0 aliphatic carbocycles. The fourth-order valence-electron chi connectivity index (χ4n) is 1.69. The molecule has 16 heavy (non-hydrogen) atoms. The number of likely N-dealkylation sites (N-methyl/N-ethyl adjacent to an activating group) is 1. The third-order valence-corrected chi connectivity index (χ3v) is 2.61. The van der Waals surface area contributed by atoms with Gasteiger partial charge in [-0.25, -0.2) is 0 Å². The summed E-state index contributed by atoms with van der Waals surface area (Å²) in [5.41, 5.74) is 0. The Morgan fingerprint density at radius 3 is 2.38 bits per heavy atom. The maximum Gasteiger partial charge on any atom is 0.317 e. The van der Waals surface area contributed by atoms with Gasteiger partial charge >= 0.3 is 5.97 Å². The van der Waals surface area contributed by atoms with Crippen molar-refractivity contribution in [3.63, 3.8) is 0 Å². The number of carboxylic acid groups (broad SMARTS) is 1. The Hall–Kier alpha value is -1.14. The van der Waals surface area contributed by atoms with E-state index in [-0.39, 0.29) is 12.5 Å². The number of carbonyl (C=O) groups is 2. The van der Waals surface area contributed by atoms with Crippen molar-refractivity contribution >= 4 is 11.9 Å². The van der Waals surface area contributed by atoms with Crippen molar-refractivity contribution in [2.75, 3.05) is 45.8 Å². The third kappa shape index (κ3) is 4.16. The van der Waals surface area contributed by atoms with E-state index in [2.05, 4.69) is 5.32 Å². The number of carboxylic acids is 1. The van der Waals surface area contributed by atoms with E-state index in [0.29, 0.717) is 32.7 Å². The van der Waals surface area contributed by atoms with Crippen molar-refractivity contribution < 1.29 is 14.7 Å². The van der Waals surface area contributed by atoms with Crippen LogP contribution in [0.3, 0.4) is 0 Å². The summed E-state index contributed by atoms with van der Waals surface area (Å²) in [6, 6.07) is 0. The van der Waals surface area contributed by atoms with Gasteiger partial charge in [0.05, 0.1) is 13.1 Å². The average molecular weight is 229 g/mol. The first-order valence-electron chi connectivity index (χ1n) is 5.56. The van der Waals surface area contributed by atoms with Crippen molar-refractivity contribution in [1.29, 1.82) is 0 Å². The fraction of sp³-hybridized carbons (Fsp3) is 0.800. The highest BCUT2D eigenvalue weighted by Gasteiger charge is 2.21. The molecule has 6 nitrogen and oxygen atoms in total. The van der Waals surface area contributed by atoms with Crippen molar-refractivity contribution in [3.8, 4) is 0 Å². The van der Waals surface area contributed by atoms with Crippen LogP contribution in [0.2, 0.25) is 0 Å². The molecule has 0 aromatic rings. The van der Waals surface area contributed by atoms with E-state index in [1.807, 2.05) is 11.8 Å². The van der Waals surface area contributed by atoms with Crippen molar-refractivity contribution in [3.05, 3.63) is 0 Å². The van der Waals surface area contributed by atoms with Gasteiger partial charge in [0.15, 0.2) is 0 Å². The predicted molar refractivity (Wildman–Crippen MR) is 59.2 cm³/mol. The fourth-order valence-corrected chi connectivity index (χ4v) is 1.69. The van der Waals surface area contributed by atoms with Crippen LogP contribution < -0.4 is 5.32 Å². The molecule has 0 saturated carbocycles. The van der Waals surface area contributed by atoms with Crippen LogP contribution in [0.4, 0.5) is 0 Å². The number of piperazine rings is 1. The molecule has 0 bridgehead atoms. The van der Waals surface area contributed by atoms with E-state index in [1.54, 1.807) is 4.90 Å². The lowest BCUT2D eigenvalue weighted by Crippen LogP contribution is -2.51. The molecule has 1 amide bonds. The van der Waals surface area contributed by atoms with Gasteiger partial charge in [-0.15, -0.1) is 0 Å². The van der Waals surface area contributed by atoms with Gasteiger partial charge in [-0.05, 0) is 6.54 Å². The van der Waals surface area contributed by atoms with Gasteiger partial charge in [-0.2, -0.15) is 0 Å². The van der Waals surface area contributed by atoms with Crippen molar-refractivity contribution in [1.82, 2.24) is 15.1 Å². The second-order valence-electron chi connectivity index (χ2n) is 3.83. The van der Waals surface area contributed by atoms with E-state index in [4.69, 9.17) is 5.11 Å². The minimum atomic E-state index is -0.813. The third-order valence-electron chi connectivity index (χ3n) is 2.61. The lowest BCUT2D eigenvalue weighted by Gasteiger charge is -2.33. The minimum Gasteiger partial charge on any atom is -0.480 e. The quantitative estimate of drug-likeness (QED) is 0.621. The smallest absolute Gasteiger partial charge is 0.317 e. The Balaban J connectivity index is 2.25. The minimum absolute atomic E-state index is 0.0647. The number of aliphatic carboxylic acids is 1. The molecular weight excluding hydrogens is 210 g/mol. The zero-order valence-electron chi connectivity index (χ0n) is 9.61. The second-order valence-corrected chi connectivity index (χ2v) is 3.83. The molecule has 0 aromatic carbocycles. The Morgan fingerprint density at radius 2 is 1.88 bits per heavy atom. The van der Waals surface area contributed by atoms with Crippen LogP contribution in [-0.2, 0) is 9.59 Å². The highest BCUT2D eigenvalue weighted by Crippen LogP contribution is 2.01. The molecule has 1 aliphatic heterocycles. The lowest BCUT2D eigenvalue weighted by atomic mass is 10.3. The van der Waals surface area contributed by atoms with E-state index in [9.17, 15) is 9.59 Å². The Bertz CT molecular complexity index is 250.